The van der Waals surface area contributed by atoms with Gasteiger partial charge in [0, 0.05) is 31.0 Å². The molecule has 6 heteroatoms. The van der Waals surface area contributed by atoms with Crippen molar-refractivity contribution in [2.24, 2.45) is 0 Å². The number of rotatable bonds is 9. The fourth-order valence-corrected chi connectivity index (χ4v) is 1.79. The molecular weight excluding hydrogens is 280 g/mol. The van der Waals surface area contributed by atoms with Gasteiger partial charge < -0.3 is 20.5 Å². The highest BCUT2D eigenvalue weighted by Crippen LogP contribution is 2.17. The molecule has 0 fully saturated rings. The summed E-state index contributed by atoms with van der Waals surface area (Å²) in [6, 6.07) is 4.84. The van der Waals surface area contributed by atoms with Gasteiger partial charge in [-0.15, -0.1) is 0 Å². The Morgan fingerprint density at radius 3 is 2.80 bits per heavy atom. The normalized spacial score (nSPS) is 10.5. The summed E-state index contributed by atoms with van der Waals surface area (Å²) in [5.74, 6) is -0.181. The maximum Gasteiger partial charge on any atom is 0.253 e. The largest absolute Gasteiger partial charge is 0.398 e. The van der Waals surface area contributed by atoms with E-state index in [1.165, 1.54) is 0 Å². The zero-order chi connectivity index (χ0) is 14.8. The van der Waals surface area contributed by atoms with Crippen LogP contribution in [-0.4, -0.2) is 39.4 Å². The number of nitrogens with two attached hydrogens (primary N) is 1. The number of amides is 1. The first-order valence-corrected chi connectivity index (χ1v) is 6.93. The summed E-state index contributed by atoms with van der Waals surface area (Å²) in [4.78, 5) is 11.9. The molecule has 0 saturated heterocycles. The van der Waals surface area contributed by atoms with Crippen LogP contribution in [0.15, 0.2) is 18.2 Å². The van der Waals surface area contributed by atoms with E-state index in [9.17, 15) is 4.79 Å². The van der Waals surface area contributed by atoms with Crippen LogP contribution >= 0.6 is 11.6 Å². The van der Waals surface area contributed by atoms with Crippen molar-refractivity contribution in [1.29, 1.82) is 0 Å². The van der Waals surface area contributed by atoms with Crippen LogP contribution in [0.4, 0.5) is 5.69 Å². The summed E-state index contributed by atoms with van der Waals surface area (Å²) >= 11 is 5.78. The molecule has 112 valence electrons. The zero-order valence-electron chi connectivity index (χ0n) is 11.7. The Bertz CT molecular complexity index is 427. The molecule has 0 bridgehead atoms. The zero-order valence-corrected chi connectivity index (χ0v) is 12.4. The molecule has 0 aliphatic carbocycles. The predicted molar refractivity (Wildman–Crippen MR) is 80.1 cm³/mol. The number of nitrogens with one attached hydrogen (secondary N) is 1. The Kier molecular flexibility index (Phi) is 8.02. The molecule has 1 aromatic carbocycles. The van der Waals surface area contributed by atoms with Crippen molar-refractivity contribution in [3.8, 4) is 0 Å². The number of ether oxygens (including phenoxy) is 2. The second-order valence-corrected chi connectivity index (χ2v) is 4.74. The van der Waals surface area contributed by atoms with Crippen molar-refractivity contribution in [2.45, 2.75) is 12.8 Å². The molecule has 3 N–H and O–H groups in total. The SMILES string of the molecule is COCCOCCCCNC(=O)c1ccc(Cl)cc1N. The van der Waals surface area contributed by atoms with Crippen LogP contribution in [0.2, 0.25) is 5.02 Å². The van der Waals surface area contributed by atoms with Crippen molar-refractivity contribution in [3.05, 3.63) is 28.8 Å². The Hall–Kier alpha value is -1.30. The summed E-state index contributed by atoms with van der Waals surface area (Å²) in [5, 5.41) is 3.34. The topological polar surface area (TPSA) is 73.6 Å². The number of hydrogen-bond donors (Lipinski definition) is 2. The molecule has 0 aliphatic heterocycles. The molecule has 0 spiro atoms. The molecule has 0 aromatic heterocycles. The average Bonchev–Trinajstić information content (AvgIpc) is 2.41. The van der Waals surface area contributed by atoms with Gasteiger partial charge in [0.05, 0.1) is 18.8 Å². The maximum atomic E-state index is 11.9. The smallest absolute Gasteiger partial charge is 0.253 e. The predicted octanol–water partition coefficient (Wildman–Crippen LogP) is 2.10. The highest BCUT2D eigenvalue weighted by molar-refractivity contribution is 6.31. The van der Waals surface area contributed by atoms with E-state index in [0.29, 0.717) is 42.6 Å². The minimum Gasteiger partial charge on any atom is -0.398 e. The van der Waals surface area contributed by atoms with Crippen LogP contribution in [0.1, 0.15) is 23.2 Å². The van der Waals surface area contributed by atoms with Gasteiger partial charge in [-0.05, 0) is 31.0 Å². The van der Waals surface area contributed by atoms with Crippen molar-refractivity contribution in [3.63, 3.8) is 0 Å². The molecule has 0 radical (unpaired) electrons. The third kappa shape index (κ3) is 6.23. The molecule has 0 saturated carbocycles. The summed E-state index contributed by atoms with van der Waals surface area (Å²) in [5.41, 5.74) is 6.58. The van der Waals surface area contributed by atoms with Gasteiger partial charge in [-0.3, -0.25) is 4.79 Å². The van der Waals surface area contributed by atoms with Crippen molar-refractivity contribution in [1.82, 2.24) is 5.32 Å². The second-order valence-electron chi connectivity index (χ2n) is 4.30. The van der Waals surface area contributed by atoms with Crippen molar-refractivity contribution < 1.29 is 14.3 Å². The fourth-order valence-electron chi connectivity index (χ4n) is 1.61. The molecule has 1 rings (SSSR count). The Balaban J connectivity index is 2.17. The van der Waals surface area contributed by atoms with Gasteiger partial charge in [0.15, 0.2) is 0 Å². The van der Waals surface area contributed by atoms with E-state index in [4.69, 9.17) is 26.8 Å². The lowest BCUT2D eigenvalue weighted by Gasteiger charge is -2.08. The van der Waals surface area contributed by atoms with Crippen LogP contribution in [0.3, 0.4) is 0 Å². The molecule has 0 unspecified atom stereocenters. The lowest BCUT2D eigenvalue weighted by atomic mass is 10.1. The number of methoxy groups -OCH3 is 1. The van der Waals surface area contributed by atoms with Crippen LogP contribution in [0.5, 0.6) is 0 Å². The first kappa shape index (κ1) is 16.8. The van der Waals surface area contributed by atoms with E-state index in [1.54, 1.807) is 25.3 Å². The number of nitrogen functional groups attached to an aromatic ring is 1. The number of benzene rings is 1. The number of unbranched alkanes of at least 4 members (excludes halogenated alkanes) is 1. The highest BCUT2D eigenvalue weighted by Gasteiger charge is 2.08. The third-order valence-corrected chi connectivity index (χ3v) is 2.93. The van der Waals surface area contributed by atoms with Gasteiger partial charge in [0.2, 0.25) is 0 Å². The molecule has 1 aromatic rings. The fraction of sp³-hybridized carbons (Fsp3) is 0.500. The van der Waals surface area contributed by atoms with Gasteiger partial charge in [0.1, 0.15) is 0 Å². The molecule has 0 aliphatic rings. The minimum absolute atomic E-state index is 0.181. The van der Waals surface area contributed by atoms with E-state index in [-0.39, 0.29) is 5.91 Å². The molecule has 0 heterocycles. The van der Waals surface area contributed by atoms with Gasteiger partial charge in [0.25, 0.3) is 5.91 Å². The van der Waals surface area contributed by atoms with E-state index >= 15 is 0 Å². The number of anilines is 1. The van der Waals surface area contributed by atoms with Crippen LogP contribution in [0, 0.1) is 0 Å². The highest BCUT2D eigenvalue weighted by atomic mass is 35.5. The van der Waals surface area contributed by atoms with E-state index in [0.717, 1.165) is 12.8 Å². The van der Waals surface area contributed by atoms with E-state index in [2.05, 4.69) is 5.32 Å². The van der Waals surface area contributed by atoms with Gasteiger partial charge in [-0.1, -0.05) is 11.6 Å². The van der Waals surface area contributed by atoms with Gasteiger partial charge >= 0.3 is 0 Å². The Labute approximate surface area is 124 Å². The van der Waals surface area contributed by atoms with E-state index in [1.807, 2.05) is 0 Å². The lowest BCUT2D eigenvalue weighted by Crippen LogP contribution is -2.25. The van der Waals surface area contributed by atoms with Crippen LogP contribution in [-0.2, 0) is 9.47 Å². The quantitative estimate of drug-likeness (QED) is 0.541. The van der Waals surface area contributed by atoms with Crippen LogP contribution in [0.25, 0.3) is 0 Å². The number of halogens is 1. The summed E-state index contributed by atoms with van der Waals surface area (Å²) in [7, 11) is 1.64. The molecule has 5 nitrogen and oxygen atoms in total. The average molecular weight is 301 g/mol. The number of carbonyl (C=O) groups excluding carboxylic acids is 1. The second kappa shape index (κ2) is 9.58. The third-order valence-electron chi connectivity index (χ3n) is 2.69. The monoisotopic (exact) mass is 300 g/mol. The van der Waals surface area contributed by atoms with Crippen LogP contribution < -0.4 is 11.1 Å². The van der Waals surface area contributed by atoms with Gasteiger partial charge in [-0.25, -0.2) is 0 Å². The minimum atomic E-state index is -0.181. The number of carbonyl (C=O) groups is 1. The Morgan fingerprint density at radius 2 is 2.10 bits per heavy atom. The summed E-state index contributed by atoms with van der Waals surface area (Å²) in [6.07, 6.45) is 1.74. The summed E-state index contributed by atoms with van der Waals surface area (Å²) in [6.45, 7) is 2.47. The number of hydrogen-bond acceptors (Lipinski definition) is 4. The first-order valence-electron chi connectivity index (χ1n) is 6.55. The van der Waals surface area contributed by atoms with Crippen molar-refractivity contribution in [2.75, 3.05) is 39.2 Å². The summed E-state index contributed by atoms with van der Waals surface area (Å²) < 4.78 is 10.2. The Morgan fingerprint density at radius 1 is 1.30 bits per heavy atom. The van der Waals surface area contributed by atoms with Crippen molar-refractivity contribution >= 4 is 23.2 Å². The lowest BCUT2D eigenvalue weighted by molar-refractivity contribution is 0.0686. The molecule has 1 amide bonds. The molecular formula is C14H21ClN2O3. The first-order chi connectivity index (χ1) is 9.65. The molecule has 0 atom stereocenters. The standard InChI is InChI=1S/C14H21ClN2O3/c1-19-8-9-20-7-3-2-6-17-14(18)12-5-4-11(15)10-13(12)16/h4-5,10H,2-3,6-9,16H2,1H3,(H,17,18). The van der Waals surface area contributed by atoms with E-state index < -0.39 is 0 Å². The molecule has 20 heavy (non-hydrogen) atoms. The maximum absolute atomic E-state index is 11.9. The van der Waals surface area contributed by atoms with Gasteiger partial charge in [-0.2, -0.15) is 0 Å².